The number of alkyl carbamates (subject to hydrolysis) is 1. The van der Waals surface area contributed by atoms with E-state index < -0.39 is 23.7 Å². The van der Waals surface area contributed by atoms with Gasteiger partial charge in [-0.15, -0.1) is 0 Å². The Balaban J connectivity index is 0.00000232. The van der Waals surface area contributed by atoms with Crippen LogP contribution in [0, 0.1) is 6.92 Å². The number of carboxylic acid groups (broad SMARTS) is 1. The zero-order valence-electron chi connectivity index (χ0n) is 15.1. The third-order valence-electron chi connectivity index (χ3n) is 3.01. The van der Waals surface area contributed by atoms with Gasteiger partial charge in [-0.2, -0.15) is 0 Å². The van der Waals surface area contributed by atoms with Gasteiger partial charge in [0, 0.05) is 5.92 Å². The number of nitrogens with one attached hydrogen (secondary N) is 1. The molecular weight excluding hydrogens is 294 g/mol. The lowest BCUT2D eigenvalue weighted by Gasteiger charge is -2.25. The second-order valence-corrected chi connectivity index (χ2v) is 6.16. The molecule has 2 atom stereocenters. The Labute approximate surface area is 139 Å². The third-order valence-corrected chi connectivity index (χ3v) is 3.01. The zero-order chi connectivity index (χ0) is 18.2. The van der Waals surface area contributed by atoms with Gasteiger partial charge in [-0.05, 0) is 33.3 Å². The van der Waals surface area contributed by atoms with Gasteiger partial charge in [0.05, 0.1) is 0 Å². The minimum Gasteiger partial charge on any atom is -0.480 e. The van der Waals surface area contributed by atoms with Crippen molar-refractivity contribution in [1.82, 2.24) is 5.32 Å². The normalized spacial score (nSPS) is 13.2. The van der Waals surface area contributed by atoms with Crippen molar-refractivity contribution in [3.8, 4) is 0 Å². The van der Waals surface area contributed by atoms with Crippen molar-refractivity contribution in [3.05, 3.63) is 35.4 Å². The molecule has 1 aromatic carbocycles. The Morgan fingerprint density at radius 1 is 1.22 bits per heavy atom. The molecule has 2 N–H and O–H groups in total. The molecule has 0 radical (unpaired) electrons. The summed E-state index contributed by atoms with van der Waals surface area (Å²) in [5.74, 6) is -1.45. The summed E-state index contributed by atoms with van der Waals surface area (Å²) in [5, 5.41) is 11.8. The molecule has 5 nitrogen and oxygen atoms in total. The van der Waals surface area contributed by atoms with Gasteiger partial charge in [0.25, 0.3) is 0 Å². The fourth-order valence-corrected chi connectivity index (χ4v) is 1.98. The highest BCUT2D eigenvalue weighted by Crippen LogP contribution is 2.21. The molecule has 0 aliphatic rings. The first-order valence-corrected chi connectivity index (χ1v) is 7.89. The predicted octanol–water partition coefficient (Wildman–Crippen LogP) is 4.10. The molecule has 0 aliphatic carbocycles. The van der Waals surface area contributed by atoms with Crippen LogP contribution in [0.1, 0.15) is 58.6 Å². The Morgan fingerprint density at radius 2 is 1.78 bits per heavy atom. The third kappa shape index (κ3) is 7.68. The summed E-state index contributed by atoms with van der Waals surface area (Å²) in [5.41, 5.74) is 1.24. The van der Waals surface area contributed by atoms with Crippen molar-refractivity contribution < 1.29 is 19.4 Å². The molecule has 1 amide bonds. The topological polar surface area (TPSA) is 75.6 Å². The molecule has 0 saturated heterocycles. The highest BCUT2D eigenvalue weighted by atomic mass is 16.6. The minimum absolute atomic E-state index is 0.366. The molecule has 5 heteroatoms. The van der Waals surface area contributed by atoms with Gasteiger partial charge in [0.15, 0.2) is 0 Å². The molecule has 1 rings (SSSR count). The average molecular weight is 323 g/mol. The summed E-state index contributed by atoms with van der Waals surface area (Å²) < 4.78 is 5.11. The quantitative estimate of drug-likeness (QED) is 0.874. The van der Waals surface area contributed by atoms with Crippen molar-refractivity contribution in [2.75, 3.05) is 0 Å². The van der Waals surface area contributed by atoms with Crippen molar-refractivity contribution in [1.29, 1.82) is 0 Å². The number of hydrogen-bond donors (Lipinski definition) is 2. The SMILES string of the molecule is CC.Cc1cccc(C(C)C(NC(=O)OC(C)(C)C)C(=O)O)c1. The molecule has 1 aromatic rings. The Hall–Kier alpha value is -2.04. The lowest BCUT2D eigenvalue weighted by atomic mass is 9.92. The number of aryl methyl sites for hydroxylation is 1. The van der Waals surface area contributed by atoms with Crippen LogP contribution in [0.5, 0.6) is 0 Å². The summed E-state index contributed by atoms with van der Waals surface area (Å²) in [7, 11) is 0. The minimum atomic E-state index is -1.09. The van der Waals surface area contributed by atoms with Crippen molar-refractivity contribution in [3.63, 3.8) is 0 Å². The molecule has 130 valence electrons. The van der Waals surface area contributed by atoms with Gasteiger partial charge in [0.1, 0.15) is 11.6 Å². The van der Waals surface area contributed by atoms with E-state index in [-0.39, 0.29) is 5.92 Å². The maximum absolute atomic E-state index is 11.8. The lowest BCUT2D eigenvalue weighted by Crippen LogP contribution is -2.46. The summed E-state index contributed by atoms with van der Waals surface area (Å²) >= 11 is 0. The average Bonchev–Trinajstić information content (AvgIpc) is 2.44. The summed E-state index contributed by atoms with van der Waals surface area (Å²) in [4.78, 5) is 23.2. The van der Waals surface area contributed by atoms with E-state index in [1.54, 1.807) is 27.7 Å². The molecule has 0 aromatic heterocycles. The van der Waals surface area contributed by atoms with Crippen LogP contribution in [-0.4, -0.2) is 28.8 Å². The number of benzene rings is 1. The van der Waals surface area contributed by atoms with Crippen LogP contribution in [0.15, 0.2) is 24.3 Å². The number of amides is 1. The Morgan fingerprint density at radius 3 is 2.22 bits per heavy atom. The number of ether oxygens (including phenoxy) is 1. The first-order chi connectivity index (χ1) is 10.6. The van der Waals surface area contributed by atoms with Gasteiger partial charge in [-0.3, -0.25) is 0 Å². The number of aliphatic carboxylic acids is 1. The van der Waals surface area contributed by atoms with Crippen LogP contribution in [0.4, 0.5) is 4.79 Å². The van der Waals surface area contributed by atoms with Crippen molar-refractivity contribution in [2.45, 2.75) is 66.0 Å². The maximum atomic E-state index is 11.8. The molecule has 0 heterocycles. The Kier molecular flexibility index (Phi) is 8.36. The summed E-state index contributed by atoms with van der Waals surface area (Å²) in [6.45, 7) is 12.9. The number of rotatable bonds is 4. The number of carbonyl (C=O) groups excluding carboxylic acids is 1. The summed E-state index contributed by atoms with van der Waals surface area (Å²) in [6, 6.07) is 6.53. The van der Waals surface area contributed by atoms with Crippen LogP contribution < -0.4 is 5.32 Å². The fourth-order valence-electron chi connectivity index (χ4n) is 1.98. The van der Waals surface area contributed by atoms with E-state index in [2.05, 4.69) is 5.32 Å². The Bertz CT molecular complexity index is 520. The first-order valence-electron chi connectivity index (χ1n) is 7.89. The number of carboxylic acids is 1. The molecule has 0 fully saturated rings. The molecule has 0 bridgehead atoms. The standard InChI is InChI=1S/C16H23NO4.C2H6/c1-10-7-6-8-12(9-10)11(2)13(14(18)19)17-15(20)21-16(3,4)5;1-2/h6-9,11,13H,1-5H3,(H,17,20)(H,18,19);1-2H3. The van der Waals surface area contributed by atoms with Crippen LogP contribution in [0.2, 0.25) is 0 Å². The molecule has 23 heavy (non-hydrogen) atoms. The maximum Gasteiger partial charge on any atom is 0.408 e. The largest absolute Gasteiger partial charge is 0.480 e. The first kappa shape index (κ1) is 21.0. The van der Waals surface area contributed by atoms with E-state index in [1.807, 2.05) is 45.0 Å². The number of hydrogen-bond acceptors (Lipinski definition) is 3. The number of carbonyl (C=O) groups is 2. The second-order valence-electron chi connectivity index (χ2n) is 6.16. The van der Waals surface area contributed by atoms with Crippen molar-refractivity contribution in [2.24, 2.45) is 0 Å². The van der Waals surface area contributed by atoms with E-state index in [4.69, 9.17) is 4.74 Å². The van der Waals surface area contributed by atoms with Gasteiger partial charge in [-0.25, -0.2) is 9.59 Å². The van der Waals surface area contributed by atoms with E-state index >= 15 is 0 Å². The van der Waals surface area contributed by atoms with E-state index in [9.17, 15) is 14.7 Å². The van der Waals surface area contributed by atoms with E-state index in [0.717, 1.165) is 11.1 Å². The molecule has 0 aliphatic heterocycles. The van der Waals surface area contributed by atoms with Crippen LogP contribution in [0.25, 0.3) is 0 Å². The molecule has 2 unspecified atom stereocenters. The lowest BCUT2D eigenvalue weighted by molar-refractivity contribution is -0.140. The smallest absolute Gasteiger partial charge is 0.408 e. The zero-order valence-corrected chi connectivity index (χ0v) is 15.1. The van der Waals surface area contributed by atoms with Gasteiger partial charge < -0.3 is 15.2 Å². The molecule has 0 spiro atoms. The highest BCUT2D eigenvalue weighted by Gasteiger charge is 2.29. The van der Waals surface area contributed by atoms with Gasteiger partial charge in [-0.1, -0.05) is 50.6 Å². The fraction of sp³-hybridized carbons (Fsp3) is 0.556. The van der Waals surface area contributed by atoms with Crippen LogP contribution in [0.3, 0.4) is 0 Å². The van der Waals surface area contributed by atoms with Gasteiger partial charge >= 0.3 is 12.1 Å². The highest BCUT2D eigenvalue weighted by molar-refractivity contribution is 5.81. The van der Waals surface area contributed by atoms with E-state index in [0.29, 0.717) is 0 Å². The predicted molar refractivity (Wildman–Crippen MR) is 91.7 cm³/mol. The van der Waals surface area contributed by atoms with Gasteiger partial charge in [0.2, 0.25) is 0 Å². The van der Waals surface area contributed by atoms with Crippen LogP contribution >= 0.6 is 0 Å². The van der Waals surface area contributed by atoms with E-state index in [1.165, 1.54) is 0 Å². The monoisotopic (exact) mass is 323 g/mol. The molecular formula is C18H29NO4. The molecule has 0 saturated carbocycles. The van der Waals surface area contributed by atoms with Crippen molar-refractivity contribution >= 4 is 12.1 Å². The van der Waals surface area contributed by atoms with Crippen LogP contribution in [-0.2, 0) is 9.53 Å². The summed E-state index contributed by atoms with van der Waals surface area (Å²) in [6.07, 6.45) is -0.727. The second kappa shape index (κ2) is 9.18.